The van der Waals surface area contributed by atoms with Gasteiger partial charge in [0.2, 0.25) is 5.91 Å². The van der Waals surface area contributed by atoms with Gasteiger partial charge in [0, 0.05) is 25.1 Å². The SMILES string of the molecule is COC(=O)c1c(NC(=O)[C@@H]2CCOC2)c2cc(NCc3cccc(C)c3)cnc2n1CCCc1ccccc1. The summed E-state index contributed by atoms with van der Waals surface area (Å²) in [6, 6.07) is 20.5. The molecule has 1 amide bonds. The number of ether oxygens (including phenoxy) is 2. The molecule has 0 bridgehead atoms. The van der Waals surface area contributed by atoms with Crippen molar-refractivity contribution in [1.82, 2.24) is 9.55 Å². The summed E-state index contributed by atoms with van der Waals surface area (Å²) >= 11 is 0. The van der Waals surface area contributed by atoms with E-state index in [1.165, 1.54) is 18.2 Å². The minimum atomic E-state index is -0.514. The average molecular weight is 527 g/mol. The molecule has 1 atom stereocenters. The lowest BCUT2D eigenvalue weighted by atomic mass is 10.1. The number of pyridine rings is 1. The highest BCUT2D eigenvalue weighted by Crippen LogP contribution is 2.34. The lowest BCUT2D eigenvalue weighted by Gasteiger charge is -2.12. The highest BCUT2D eigenvalue weighted by molar-refractivity contribution is 6.11. The van der Waals surface area contributed by atoms with E-state index in [1.807, 2.05) is 34.9 Å². The van der Waals surface area contributed by atoms with Crippen LogP contribution in [-0.4, -0.2) is 41.8 Å². The third kappa shape index (κ3) is 6.12. The summed E-state index contributed by atoms with van der Waals surface area (Å²) in [6.45, 7) is 4.16. The smallest absolute Gasteiger partial charge is 0.356 e. The van der Waals surface area contributed by atoms with Gasteiger partial charge in [-0.2, -0.15) is 0 Å². The molecule has 8 heteroatoms. The number of hydrogen-bond donors (Lipinski definition) is 2. The molecule has 0 saturated carbocycles. The van der Waals surface area contributed by atoms with E-state index >= 15 is 0 Å². The van der Waals surface area contributed by atoms with Gasteiger partial charge in [0.05, 0.1) is 37.2 Å². The Kier molecular flexibility index (Phi) is 8.22. The number of nitrogens with zero attached hydrogens (tertiary/aromatic N) is 2. The molecule has 2 N–H and O–H groups in total. The summed E-state index contributed by atoms with van der Waals surface area (Å²) in [4.78, 5) is 31.1. The van der Waals surface area contributed by atoms with Crippen molar-refractivity contribution in [1.29, 1.82) is 0 Å². The molecule has 1 fully saturated rings. The lowest BCUT2D eigenvalue weighted by Crippen LogP contribution is -2.24. The van der Waals surface area contributed by atoms with Gasteiger partial charge < -0.3 is 24.7 Å². The summed E-state index contributed by atoms with van der Waals surface area (Å²) in [5, 5.41) is 7.16. The van der Waals surface area contributed by atoms with Crippen LogP contribution >= 0.6 is 0 Å². The number of carbonyl (C=O) groups excluding carboxylic acids is 2. The van der Waals surface area contributed by atoms with E-state index in [4.69, 9.17) is 14.5 Å². The van der Waals surface area contributed by atoms with Crippen LogP contribution < -0.4 is 10.6 Å². The number of nitrogens with one attached hydrogen (secondary N) is 2. The maximum Gasteiger partial charge on any atom is 0.356 e. The van der Waals surface area contributed by atoms with E-state index < -0.39 is 5.97 Å². The first-order chi connectivity index (χ1) is 19.0. The van der Waals surface area contributed by atoms with Crippen molar-refractivity contribution in [3.63, 3.8) is 0 Å². The standard InChI is InChI=1S/C31H34N4O4/c1-21-8-6-11-23(16-21)18-32-25-17-26-27(34-30(36)24-13-15-39-20-24)28(31(37)38-2)35(29(26)33-19-25)14-7-12-22-9-4-3-5-10-22/h3-6,8-11,16-17,19,24,32H,7,12-15,18,20H2,1-2H3,(H,34,36)/t24-/m1/s1. The molecule has 2 aromatic carbocycles. The average Bonchev–Trinajstić information content (AvgIpc) is 3.60. The maximum atomic E-state index is 13.2. The van der Waals surface area contributed by atoms with Crippen LogP contribution in [0.25, 0.3) is 11.0 Å². The van der Waals surface area contributed by atoms with Crippen LogP contribution in [0.5, 0.6) is 0 Å². The number of anilines is 2. The van der Waals surface area contributed by atoms with Gasteiger partial charge in [0.25, 0.3) is 0 Å². The molecule has 0 spiro atoms. The number of esters is 1. The molecule has 0 aliphatic carbocycles. The van der Waals surface area contributed by atoms with Crippen molar-refractivity contribution in [3.05, 3.63) is 89.2 Å². The maximum absolute atomic E-state index is 13.2. The fourth-order valence-corrected chi connectivity index (χ4v) is 5.05. The van der Waals surface area contributed by atoms with E-state index in [-0.39, 0.29) is 11.8 Å². The van der Waals surface area contributed by atoms with Gasteiger partial charge in [-0.05, 0) is 43.4 Å². The summed E-state index contributed by atoms with van der Waals surface area (Å²) in [5.41, 5.74) is 5.72. The predicted octanol–water partition coefficient (Wildman–Crippen LogP) is 5.35. The van der Waals surface area contributed by atoms with Crippen molar-refractivity contribution in [2.75, 3.05) is 31.0 Å². The van der Waals surface area contributed by atoms with E-state index in [9.17, 15) is 9.59 Å². The molecule has 1 saturated heterocycles. The second-order valence-electron chi connectivity index (χ2n) is 9.94. The third-order valence-corrected chi connectivity index (χ3v) is 7.09. The number of carbonyl (C=O) groups is 2. The predicted molar refractivity (Wildman–Crippen MR) is 152 cm³/mol. The van der Waals surface area contributed by atoms with E-state index in [0.717, 1.165) is 24.1 Å². The summed E-state index contributed by atoms with van der Waals surface area (Å²) in [6.07, 6.45) is 4.05. The first kappa shape index (κ1) is 26.4. The fraction of sp³-hybridized carbons (Fsp3) is 0.323. The summed E-state index contributed by atoms with van der Waals surface area (Å²) in [5.74, 6) is -0.943. The fourth-order valence-electron chi connectivity index (χ4n) is 5.05. The minimum Gasteiger partial charge on any atom is -0.464 e. The molecule has 1 aliphatic heterocycles. The zero-order valence-electron chi connectivity index (χ0n) is 22.4. The number of aromatic nitrogens is 2. The molecule has 5 rings (SSSR count). The van der Waals surface area contributed by atoms with Crippen molar-refractivity contribution < 1.29 is 19.1 Å². The number of hydrogen-bond acceptors (Lipinski definition) is 6. The number of amides is 1. The number of fused-ring (bicyclic) bond motifs is 1. The Balaban J connectivity index is 1.50. The molecule has 2 aromatic heterocycles. The van der Waals surface area contributed by atoms with E-state index in [0.29, 0.717) is 55.1 Å². The zero-order valence-corrected chi connectivity index (χ0v) is 22.4. The van der Waals surface area contributed by atoms with Crippen molar-refractivity contribution in [2.24, 2.45) is 5.92 Å². The Morgan fingerprint density at radius 2 is 1.92 bits per heavy atom. The quantitative estimate of drug-likeness (QED) is 0.271. The van der Waals surface area contributed by atoms with Crippen LogP contribution in [0.2, 0.25) is 0 Å². The van der Waals surface area contributed by atoms with Gasteiger partial charge >= 0.3 is 5.97 Å². The van der Waals surface area contributed by atoms with Crippen LogP contribution in [0.4, 0.5) is 11.4 Å². The highest BCUT2D eigenvalue weighted by Gasteiger charge is 2.29. The normalized spacial score (nSPS) is 14.9. The summed E-state index contributed by atoms with van der Waals surface area (Å²) < 4.78 is 12.5. The second-order valence-corrected chi connectivity index (χ2v) is 9.94. The van der Waals surface area contributed by atoms with E-state index in [1.54, 1.807) is 6.20 Å². The topological polar surface area (TPSA) is 94.5 Å². The van der Waals surface area contributed by atoms with Gasteiger partial charge in [-0.25, -0.2) is 9.78 Å². The molecular weight excluding hydrogens is 492 g/mol. The Labute approximate surface area is 228 Å². The lowest BCUT2D eigenvalue weighted by molar-refractivity contribution is -0.119. The van der Waals surface area contributed by atoms with Crippen LogP contribution in [0.15, 0.2) is 66.9 Å². The minimum absolute atomic E-state index is 0.167. The van der Waals surface area contributed by atoms with E-state index in [2.05, 4.69) is 47.9 Å². The highest BCUT2D eigenvalue weighted by atomic mass is 16.5. The number of methoxy groups -OCH3 is 1. The van der Waals surface area contributed by atoms with Crippen molar-refractivity contribution >= 4 is 34.3 Å². The Bertz CT molecular complexity index is 1460. The first-order valence-corrected chi connectivity index (χ1v) is 13.4. The molecule has 1 aliphatic rings. The number of aryl methyl sites for hydroxylation is 3. The van der Waals surface area contributed by atoms with Gasteiger partial charge in [0.1, 0.15) is 5.65 Å². The van der Waals surface area contributed by atoms with Crippen molar-refractivity contribution in [2.45, 2.75) is 39.3 Å². The van der Waals surface area contributed by atoms with Crippen LogP contribution in [0.3, 0.4) is 0 Å². The molecule has 0 radical (unpaired) electrons. The van der Waals surface area contributed by atoms with Gasteiger partial charge in [0.15, 0.2) is 5.69 Å². The third-order valence-electron chi connectivity index (χ3n) is 7.09. The number of benzene rings is 2. The van der Waals surface area contributed by atoms with Crippen LogP contribution in [0.1, 0.15) is 40.0 Å². The molecule has 4 aromatic rings. The number of rotatable bonds is 10. The Hall–Kier alpha value is -4.17. The molecule has 3 heterocycles. The molecule has 8 nitrogen and oxygen atoms in total. The zero-order chi connectivity index (χ0) is 27.2. The monoisotopic (exact) mass is 526 g/mol. The van der Waals surface area contributed by atoms with Crippen molar-refractivity contribution in [3.8, 4) is 0 Å². The first-order valence-electron chi connectivity index (χ1n) is 13.4. The largest absolute Gasteiger partial charge is 0.464 e. The summed E-state index contributed by atoms with van der Waals surface area (Å²) in [7, 11) is 1.35. The second kappa shape index (κ2) is 12.1. The van der Waals surface area contributed by atoms with Crippen LogP contribution in [-0.2, 0) is 33.8 Å². The van der Waals surface area contributed by atoms with Crippen LogP contribution in [0, 0.1) is 12.8 Å². The van der Waals surface area contributed by atoms with Gasteiger partial charge in [-0.1, -0.05) is 60.2 Å². The molecular formula is C31H34N4O4. The Morgan fingerprint density at radius 3 is 2.67 bits per heavy atom. The molecule has 0 unspecified atom stereocenters. The molecule has 202 valence electrons. The van der Waals surface area contributed by atoms with Gasteiger partial charge in [-0.15, -0.1) is 0 Å². The van der Waals surface area contributed by atoms with Gasteiger partial charge in [-0.3, -0.25) is 4.79 Å². The molecule has 39 heavy (non-hydrogen) atoms. The Morgan fingerprint density at radius 1 is 1.10 bits per heavy atom.